The smallest absolute Gasteiger partial charge is 0.123 e. The Morgan fingerprint density at radius 2 is 2.11 bits per heavy atom. The number of benzene rings is 1. The van der Waals surface area contributed by atoms with E-state index in [4.69, 9.17) is 0 Å². The number of carbonyl (C=O) groups is 1. The molecule has 96 valence electrons. The lowest BCUT2D eigenvalue weighted by atomic mass is 9.84. The van der Waals surface area contributed by atoms with Crippen molar-refractivity contribution < 1.29 is 4.79 Å². The third kappa shape index (κ3) is 3.30. The Kier molecular flexibility index (Phi) is 4.71. The largest absolute Gasteiger partial charge is 0.303 e. The zero-order valence-electron chi connectivity index (χ0n) is 10.8. The van der Waals surface area contributed by atoms with Crippen LogP contribution in [0.1, 0.15) is 18.4 Å². The summed E-state index contributed by atoms with van der Waals surface area (Å²) in [6.07, 6.45) is 4.99. The molecule has 1 saturated heterocycles. The van der Waals surface area contributed by atoms with Crippen LogP contribution in [-0.4, -0.2) is 24.3 Å². The molecule has 2 rings (SSSR count). The van der Waals surface area contributed by atoms with Crippen molar-refractivity contribution in [2.75, 3.05) is 13.1 Å². The van der Waals surface area contributed by atoms with E-state index in [0.29, 0.717) is 5.92 Å². The number of carbonyl (C=O) groups excluding carboxylic acids is 1. The monoisotopic (exact) mass is 243 g/mol. The van der Waals surface area contributed by atoms with Crippen LogP contribution in [0.15, 0.2) is 43.0 Å². The summed E-state index contributed by atoms with van der Waals surface area (Å²) >= 11 is 0. The minimum atomic E-state index is 0.218. The van der Waals surface area contributed by atoms with Gasteiger partial charge in [-0.3, -0.25) is 4.90 Å². The molecule has 0 saturated carbocycles. The van der Waals surface area contributed by atoms with E-state index in [1.807, 2.05) is 12.1 Å². The lowest BCUT2D eigenvalue weighted by molar-refractivity contribution is -0.114. The van der Waals surface area contributed by atoms with E-state index in [9.17, 15) is 4.79 Å². The van der Waals surface area contributed by atoms with E-state index in [1.54, 1.807) is 0 Å². The highest BCUT2D eigenvalue weighted by Crippen LogP contribution is 2.26. The Morgan fingerprint density at radius 1 is 1.33 bits per heavy atom. The van der Waals surface area contributed by atoms with Gasteiger partial charge < -0.3 is 4.79 Å². The van der Waals surface area contributed by atoms with Crippen LogP contribution in [0.4, 0.5) is 0 Å². The number of hydrogen-bond donors (Lipinski definition) is 0. The molecule has 1 fully saturated rings. The van der Waals surface area contributed by atoms with E-state index in [1.165, 1.54) is 5.56 Å². The topological polar surface area (TPSA) is 20.3 Å². The maximum atomic E-state index is 11.1. The van der Waals surface area contributed by atoms with Crippen molar-refractivity contribution in [2.45, 2.75) is 19.4 Å². The molecule has 0 N–H and O–H groups in total. The first kappa shape index (κ1) is 13.0. The van der Waals surface area contributed by atoms with Gasteiger partial charge >= 0.3 is 0 Å². The summed E-state index contributed by atoms with van der Waals surface area (Å²) in [7, 11) is 0. The van der Waals surface area contributed by atoms with Crippen molar-refractivity contribution >= 4 is 6.29 Å². The van der Waals surface area contributed by atoms with Crippen molar-refractivity contribution in [3.63, 3.8) is 0 Å². The Hall–Kier alpha value is -1.41. The zero-order chi connectivity index (χ0) is 12.8. The maximum Gasteiger partial charge on any atom is 0.123 e. The second-order valence-electron chi connectivity index (χ2n) is 5.09. The molecule has 1 aliphatic rings. The van der Waals surface area contributed by atoms with Crippen LogP contribution in [-0.2, 0) is 11.3 Å². The average Bonchev–Trinajstić information content (AvgIpc) is 2.41. The molecule has 2 heteroatoms. The zero-order valence-corrected chi connectivity index (χ0v) is 10.8. The van der Waals surface area contributed by atoms with Crippen LogP contribution in [0.3, 0.4) is 0 Å². The van der Waals surface area contributed by atoms with Gasteiger partial charge in [0.2, 0.25) is 0 Å². The van der Waals surface area contributed by atoms with Gasteiger partial charge in [0, 0.05) is 19.0 Å². The maximum absolute atomic E-state index is 11.1. The third-order valence-corrected chi connectivity index (χ3v) is 3.77. The molecule has 0 aromatic heterocycles. The van der Waals surface area contributed by atoms with Gasteiger partial charge in [-0.25, -0.2) is 0 Å². The summed E-state index contributed by atoms with van der Waals surface area (Å²) in [5.41, 5.74) is 1.35. The number of allylic oxidation sites excluding steroid dienone is 1. The summed E-state index contributed by atoms with van der Waals surface area (Å²) in [4.78, 5) is 13.5. The molecule has 0 amide bonds. The molecule has 1 heterocycles. The van der Waals surface area contributed by atoms with Crippen LogP contribution >= 0.6 is 0 Å². The molecule has 2 nitrogen and oxygen atoms in total. The summed E-state index contributed by atoms with van der Waals surface area (Å²) in [5.74, 6) is 0.660. The molecule has 0 radical (unpaired) electrons. The molecule has 18 heavy (non-hydrogen) atoms. The van der Waals surface area contributed by atoms with Gasteiger partial charge in [-0.2, -0.15) is 0 Å². The van der Waals surface area contributed by atoms with Crippen LogP contribution in [0.25, 0.3) is 0 Å². The molecule has 0 aliphatic carbocycles. The van der Waals surface area contributed by atoms with Crippen molar-refractivity contribution in [2.24, 2.45) is 11.8 Å². The number of rotatable bonds is 5. The normalized spacial score (nSPS) is 24.7. The standard InChI is InChI=1S/C16H21NO/c1-2-6-15-12-17(10-9-16(15)13-18)11-14-7-4-3-5-8-14/h2-5,7-8,13,15-16H,1,6,9-12H2. The van der Waals surface area contributed by atoms with Crippen LogP contribution in [0.5, 0.6) is 0 Å². The highest BCUT2D eigenvalue weighted by atomic mass is 16.1. The SMILES string of the molecule is C=CCC1CN(Cc2ccccc2)CCC1C=O. The Balaban J connectivity index is 1.95. The average molecular weight is 243 g/mol. The molecule has 1 aromatic rings. The Labute approximate surface area is 109 Å². The van der Waals surface area contributed by atoms with Crippen molar-refractivity contribution in [3.8, 4) is 0 Å². The second kappa shape index (κ2) is 6.50. The van der Waals surface area contributed by atoms with E-state index in [-0.39, 0.29) is 5.92 Å². The Morgan fingerprint density at radius 3 is 2.78 bits per heavy atom. The first-order valence-electron chi connectivity index (χ1n) is 6.66. The van der Waals surface area contributed by atoms with E-state index in [2.05, 4.69) is 35.7 Å². The molecular weight excluding hydrogens is 222 g/mol. The van der Waals surface area contributed by atoms with Gasteiger partial charge in [0.05, 0.1) is 0 Å². The van der Waals surface area contributed by atoms with Gasteiger partial charge in [0.25, 0.3) is 0 Å². The fourth-order valence-electron chi connectivity index (χ4n) is 2.75. The molecule has 1 aliphatic heterocycles. The second-order valence-corrected chi connectivity index (χ2v) is 5.09. The van der Waals surface area contributed by atoms with Crippen molar-refractivity contribution in [1.82, 2.24) is 4.90 Å². The quantitative estimate of drug-likeness (QED) is 0.585. The molecular formula is C16H21NO. The molecule has 0 bridgehead atoms. The van der Waals surface area contributed by atoms with Crippen LogP contribution in [0.2, 0.25) is 0 Å². The van der Waals surface area contributed by atoms with E-state index < -0.39 is 0 Å². The summed E-state index contributed by atoms with van der Waals surface area (Å²) in [6.45, 7) is 6.81. The van der Waals surface area contributed by atoms with Gasteiger partial charge in [-0.05, 0) is 30.9 Å². The van der Waals surface area contributed by atoms with Gasteiger partial charge in [0.1, 0.15) is 6.29 Å². The van der Waals surface area contributed by atoms with Crippen LogP contribution < -0.4 is 0 Å². The molecule has 2 unspecified atom stereocenters. The fraction of sp³-hybridized carbons (Fsp3) is 0.438. The summed E-state index contributed by atoms with van der Waals surface area (Å²) < 4.78 is 0. The highest BCUT2D eigenvalue weighted by Gasteiger charge is 2.27. The van der Waals surface area contributed by atoms with E-state index >= 15 is 0 Å². The highest BCUT2D eigenvalue weighted by molar-refractivity contribution is 5.54. The summed E-state index contributed by atoms with van der Waals surface area (Å²) in [6, 6.07) is 10.5. The predicted octanol–water partition coefficient (Wildman–Crippen LogP) is 2.90. The predicted molar refractivity (Wildman–Crippen MR) is 74.2 cm³/mol. The van der Waals surface area contributed by atoms with Gasteiger partial charge in [0.15, 0.2) is 0 Å². The Bertz CT molecular complexity index is 387. The lowest BCUT2D eigenvalue weighted by Gasteiger charge is -2.36. The first-order chi connectivity index (χ1) is 8.83. The number of hydrogen-bond acceptors (Lipinski definition) is 2. The van der Waals surface area contributed by atoms with Crippen LogP contribution in [0, 0.1) is 11.8 Å². The number of piperidine rings is 1. The third-order valence-electron chi connectivity index (χ3n) is 3.77. The van der Waals surface area contributed by atoms with Gasteiger partial charge in [-0.15, -0.1) is 6.58 Å². The molecule has 0 spiro atoms. The number of nitrogens with zero attached hydrogens (tertiary/aromatic N) is 1. The summed E-state index contributed by atoms with van der Waals surface area (Å²) in [5, 5.41) is 0. The minimum absolute atomic E-state index is 0.218. The van der Waals surface area contributed by atoms with E-state index in [0.717, 1.165) is 38.8 Å². The molecule has 1 aromatic carbocycles. The first-order valence-corrected chi connectivity index (χ1v) is 6.66. The molecule has 2 atom stereocenters. The van der Waals surface area contributed by atoms with Crippen molar-refractivity contribution in [1.29, 1.82) is 0 Å². The minimum Gasteiger partial charge on any atom is -0.303 e. The fourth-order valence-corrected chi connectivity index (χ4v) is 2.75. The number of aldehydes is 1. The number of likely N-dealkylation sites (tertiary alicyclic amines) is 1. The van der Waals surface area contributed by atoms with Gasteiger partial charge in [-0.1, -0.05) is 36.4 Å². The van der Waals surface area contributed by atoms with Crippen molar-refractivity contribution in [3.05, 3.63) is 48.6 Å². The lowest BCUT2D eigenvalue weighted by Crippen LogP contribution is -2.40.